The molecule has 3 heterocycles. The first-order chi connectivity index (χ1) is 54.4. The number of aliphatic hydroxyl groups is 3. The zero-order valence-electron chi connectivity index (χ0n) is 67.2. The van der Waals surface area contributed by atoms with E-state index < -0.39 is 12.2 Å². The molecule has 0 saturated carbocycles. The second-order valence-electron chi connectivity index (χ2n) is 32.0. The summed E-state index contributed by atoms with van der Waals surface area (Å²) in [4.78, 5) is 17.9. The minimum Gasteiger partial charge on any atom is -0.507 e. The van der Waals surface area contributed by atoms with Crippen molar-refractivity contribution in [2.75, 3.05) is 143 Å². The molecule has 12 rings (SSSR count). The molecule has 3 saturated heterocycles. The van der Waals surface area contributed by atoms with Crippen LogP contribution in [0.25, 0.3) is 0 Å². The second kappa shape index (κ2) is 44.2. The van der Waals surface area contributed by atoms with E-state index in [1.54, 1.807) is 49.5 Å². The van der Waals surface area contributed by atoms with Crippen LogP contribution >= 0.6 is 35.3 Å². The van der Waals surface area contributed by atoms with E-state index in [-0.39, 0.29) is 58.1 Å². The largest absolute Gasteiger partial charge is 0.507 e. The first kappa shape index (κ1) is 88.2. The number of nitrogens with zero attached hydrogens (tertiary/aromatic N) is 6. The van der Waals surface area contributed by atoms with E-state index in [1.807, 2.05) is 84.9 Å². The van der Waals surface area contributed by atoms with Crippen molar-refractivity contribution in [1.82, 2.24) is 29.4 Å². The van der Waals surface area contributed by atoms with Gasteiger partial charge in [0.25, 0.3) is 0 Å². The summed E-state index contributed by atoms with van der Waals surface area (Å²) in [5.41, 5.74) is 8.41. The van der Waals surface area contributed by atoms with Crippen molar-refractivity contribution in [3.05, 3.63) is 286 Å². The molecular formula is C94H118F4N6O6S3. The third-order valence-corrected chi connectivity index (χ3v) is 24.9. The quantitative estimate of drug-likeness (QED) is 0.0236. The molecule has 3 fully saturated rings. The third-order valence-electron chi connectivity index (χ3n) is 21.5. The molecule has 0 aliphatic carbocycles. The molecule has 0 amide bonds. The van der Waals surface area contributed by atoms with Crippen molar-refractivity contribution in [2.45, 2.75) is 129 Å². The summed E-state index contributed by atoms with van der Waals surface area (Å²) in [6, 6.07) is 68.8. The molecule has 3 atom stereocenters. The van der Waals surface area contributed by atoms with Crippen LogP contribution in [0.15, 0.2) is 233 Å². The van der Waals surface area contributed by atoms with Gasteiger partial charge in [0.05, 0.1) is 38.6 Å². The van der Waals surface area contributed by atoms with Crippen LogP contribution in [0.2, 0.25) is 0 Å². The molecule has 0 bridgehead atoms. The summed E-state index contributed by atoms with van der Waals surface area (Å²) in [6.45, 7) is 28.2. The van der Waals surface area contributed by atoms with Crippen molar-refractivity contribution in [3.8, 4) is 17.2 Å². The van der Waals surface area contributed by atoms with Gasteiger partial charge in [-0.1, -0.05) is 169 Å². The van der Waals surface area contributed by atoms with Crippen LogP contribution in [0.4, 0.5) is 17.6 Å². The molecular weight excluding hydrogens is 1480 g/mol. The Kier molecular flexibility index (Phi) is 34.5. The fourth-order valence-electron chi connectivity index (χ4n) is 15.2. The lowest BCUT2D eigenvalue weighted by Gasteiger charge is -2.40. The molecule has 0 aromatic heterocycles. The van der Waals surface area contributed by atoms with Crippen LogP contribution < -0.4 is 9.47 Å². The zero-order chi connectivity index (χ0) is 80.3. The van der Waals surface area contributed by atoms with Crippen molar-refractivity contribution in [3.63, 3.8) is 0 Å². The Morgan fingerprint density at radius 2 is 0.673 bits per heavy atom. The molecule has 9 aromatic carbocycles. The smallest absolute Gasteiger partial charge is 0.161 e. The minimum atomic E-state index is -0.441. The van der Waals surface area contributed by atoms with E-state index >= 15 is 0 Å². The molecule has 12 nitrogen and oxygen atoms in total. The van der Waals surface area contributed by atoms with E-state index in [2.05, 4.69) is 156 Å². The van der Waals surface area contributed by atoms with Gasteiger partial charge in [-0.25, -0.2) is 17.6 Å². The second-order valence-corrected chi connectivity index (χ2v) is 35.3. The number of phenols is 1. The Bertz CT molecular complexity index is 4060. The third kappa shape index (κ3) is 28.0. The molecule has 0 radical (unpaired) electrons. The lowest BCUT2D eigenvalue weighted by Crippen LogP contribution is -2.49. The van der Waals surface area contributed by atoms with Gasteiger partial charge in [0.2, 0.25) is 0 Å². The number of piperazine rings is 3. The number of benzene rings is 9. The van der Waals surface area contributed by atoms with Crippen LogP contribution in [0, 0.1) is 23.3 Å². The van der Waals surface area contributed by atoms with E-state index in [1.165, 1.54) is 64.6 Å². The summed E-state index contributed by atoms with van der Waals surface area (Å²) >= 11 is 5.00. The summed E-state index contributed by atoms with van der Waals surface area (Å²) in [6.07, 6.45) is 2.62. The number of β-amino-alcohol motifs (C(OH)–C–C–N with tert-alkyl or cyclic N) is 3. The fourth-order valence-corrected chi connectivity index (χ4v) is 17.8. The predicted octanol–water partition coefficient (Wildman–Crippen LogP) is 18.2. The molecule has 9 aromatic rings. The van der Waals surface area contributed by atoms with Gasteiger partial charge in [-0.15, -0.1) is 35.3 Å². The number of rotatable bonds is 32. The molecule has 3 aliphatic rings. The molecule has 0 spiro atoms. The first-order valence-electron chi connectivity index (χ1n) is 40.0. The fraction of sp³-hybridized carbons (Fsp3) is 0.426. The average Bonchev–Trinajstić information content (AvgIpc) is 0.782. The SMILES string of the molecule is CC(C)(C)c1cc(SCC(O)CN2CCN(CCCC(c3ccc(F)cc3)c3ccc(F)cc3)CC2)cc(C(C)(C)C)c1O.COc1ccc(SCC(O)CN2CCN(CCCC(c3ccc(F)cc3)c3ccc(F)cc3)CC2)cc1OC.OC(CSc1ccccc1)CN1CCN(C(c2ccccc2)c2ccccc2)CC1. The molecule has 4 N–H and O–H groups in total. The number of ether oxygens (including phenoxy) is 2. The van der Waals surface area contributed by atoms with Crippen molar-refractivity contribution in [1.29, 1.82) is 0 Å². The highest BCUT2D eigenvalue weighted by Crippen LogP contribution is 2.43. The van der Waals surface area contributed by atoms with Crippen LogP contribution in [0.3, 0.4) is 0 Å². The number of phenolic OH excluding ortho intramolecular Hbond substituents is 1. The van der Waals surface area contributed by atoms with Crippen molar-refractivity contribution in [2.24, 2.45) is 0 Å². The van der Waals surface area contributed by atoms with Crippen LogP contribution in [0.1, 0.15) is 130 Å². The molecule has 113 heavy (non-hydrogen) atoms. The van der Waals surface area contributed by atoms with Crippen molar-refractivity contribution < 1.29 is 47.5 Å². The number of hydrogen-bond acceptors (Lipinski definition) is 15. The lowest BCUT2D eigenvalue weighted by atomic mass is 9.79. The average molecular weight is 1600 g/mol. The van der Waals surface area contributed by atoms with E-state index in [9.17, 15) is 38.0 Å². The molecule has 606 valence electrons. The Hall–Kier alpha value is -7.21. The Morgan fingerprint density at radius 1 is 0.354 bits per heavy atom. The highest BCUT2D eigenvalue weighted by atomic mass is 32.2. The Morgan fingerprint density at radius 3 is 1.02 bits per heavy atom. The standard InChI is InChI=1S/C37H50F2N2O2S.C31H38F2N2O3S.C26H30N2OS/c1-36(2,3)33-22-31(23-34(35(33)43)37(4,5)6)44-25-30(42)24-41-20-18-40(19-21-41)17-7-8-32(26-9-13-28(38)14-10-26)27-11-15-29(39)16-12-27;1-37-30-14-13-28(20-31(30)38-2)39-22-27(36)21-35-18-16-34(17-19-35)15-3-4-29(23-5-9-25(32)10-6-23)24-7-11-26(33)12-8-24;29-24(21-30-25-14-8-3-9-15-25)20-27-16-18-28(19-17-27)26(22-10-4-1-5-11-22)23-12-6-2-7-13-23/h9-16,22-23,30,32,42-43H,7-8,17-21,24-25H2,1-6H3;5-14,20,27,29,36H,3-4,15-19,21-22H2,1-2H3;1-15,24,26,29H,16-21H2. The number of methoxy groups -OCH3 is 2. The highest BCUT2D eigenvalue weighted by molar-refractivity contribution is 7.99. The minimum absolute atomic E-state index is 0.0951. The van der Waals surface area contributed by atoms with Gasteiger partial charge in [-0.3, -0.25) is 19.6 Å². The monoisotopic (exact) mass is 1600 g/mol. The van der Waals surface area contributed by atoms with Crippen LogP contribution in [0.5, 0.6) is 17.2 Å². The van der Waals surface area contributed by atoms with E-state index in [0.29, 0.717) is 41.8 Å². The van der Waals surface area contributed by atoms with Gasteiger partial charge in [-0.2, -0.15) is 0 Å². The van der Waals surface area contributed by atoms with Gasteiger partial charge >= 0.3 is 0 Å². The summed E-state index contributed by atoms with van der Waals surface area (Å²) in [5.74, 6) is 2.92. The number of aromatic hydroxyl groups is 1. The lowest BCUT2D eigenvalue weighted by molar-refractivity contribution is 0.0708. The maximum atomic E-state index is 13.6. The summed E-state index contributed by atoms with van der Waals surface area (Å²) in [7, 11) is 3.24. The molecule has 3 unspecified atom stereocenters. The maximum Gasteiger partial charge on any atom is 0.161 e. The number of aliphatic hydroxyl groups excluding tert-OH is 3. The summed E-state index contributed by atoms with van der Waals surface area (Å²) in [5, 5.41) is 43.1. The van der Waals surface area contributed by atoms with Gasteiger partial charge in [0.15, 0.2) is 11.5 Å². The van der Waals surface area contributed by atoms with Crippen molar-refractivity contribution >= 4 is 35.3 Å². The maximum absolute atomic E-state index is 13.6. The molecule has 3 aliphatic heterocycles. The van der Waals surface area contributed by atoms with Crippen LogP contribution in [-0.2, 0) is 10.8 Å². The number of hydrogen-bond donors (Lipinski definition) is 4. The topological polar surface area (TPSA) is 119 Å². The normalized spacial score (nSPS) is 16.0. The molecule has 19 heteroatoms. The summed E-state index contributed by atoms with van der Waals surface area (Å²) < 4.78 is 64.8. The number of thioether (sulfide) groups is 3. The van der Waals surface area contributed by atoms with E-state index in [0.717, 1.165) is 173 Å². The predicted molar refractivity (Wildman–Crippen MR) is 458 cm³/mol. The highest BCUT2D eigenvalue weighted by Gasteiger charge is 2.31. The van der Waals surface area contributed by atoms with Gasteiger partial charge < -0.3 is 39.7 Å². The Labute approximate surface area is 682 Å². The van der Waals surface area contributed by atoms with Gasteiger partial charge in [-0.05, 0) is 174 Å². The first-order valence-corrected chi connectivity index (χ1v) is 43.0. The number of halogens is 4. The van der Waals surface area contributed by atoms with E-state index in [4.69, 9.17) is 9.47 Å². The Balaban J connectivity index is 0.000000183. The van der Waals surface area contributed by atoms with Crippen LogP contribution in [-0.4, -0.2) is 211 Å². The van der Waals surface area contributed by atoms with Gasteiger partial charge in [0.1, 0.15) is 29.0 Å². The van der Waals surface area contributed by atoms with Gasteiger partial charge in [0, 0.05) is 153 Å². The zero-order valence-corrected chi connectivity index (χ0v) is 69.7.